The van der Waals surface area contributed by atoms with E-state index in [-0.39, 0.29) is 23.0 Å². The molecule has 0 bridgehead atoms. The predicted molar refractivity (Wildman–Crippen MR) is 80.9 cm³/mol. The second kappa shape index (κ2) is 7.04. The van der Waals surface area contributed by atoms with Gasteiger partial charge in [-0.05, 0) is 13.0 Å². The maximum Gasteiger partial charge on any atom is 0.459 e. The van der Waals surface area contributed by atoms with E-state index in [1.54, 1.807) is 0 Å². The lowest BCUT2D eigenvalue weighted by Gasteiger charge is -2.21. The Hall–Kier alpha value is -3.57. The van der Waals surface area contributed by atoms with Crippen molar-refractivity contribution in [3.63, 3.8) is 0 Å². The molecule has 160 valence electrons. The summed E-state index contributed by atoms with van der Waals surface area (Å²) in [5, 5.41) is 20.3. The van der Waals surface area contributed by atoms with Gasteiger partial charge in [0.05, 0.1) is 16.1 Å². The number of nitriles is 1. The molecule has 0 amide bonds. The van der Waals surface area contributed by atoms with E-state index in [1.165, 1.54) is 6.07 Å². The predicted octanol–water partition coefficient (Wildman–Crippen LogP) is 3.99. The molecule has 0 saturated carbocycles. The van der Waals surface area contributed by atoms with E-state index in [9.17, 15) is 50.0 Å². The Morgan fingerprint density at radius 1 is 1.13 bits per heavy atom. The van der Waals surface area contributed by atoms with Crippen molar-refractivity contribution >= 4 is 5.69 Å². The van der Waals surface area contributed by atoms with E-state index in [1.807, 2.05) is 0 Å². The molecule has 2 aromatic rings. The van der Waals surface area contributed by atoms with Crippen LogP contribution in [0.3, 0.4) is 0 Å². The van der Waals surface area contributed by atoms with Gasteiger partial charge in [0, 0.05) is 11.6 Å². The van der Waals surface area contributed by atoms with Crippen LogP contribution < -0.4 is 5.56 Å². The standard InChI is InChI=1S/C15H6F8N4O3/c1-6-11(13(16,17)15(21,22)23)25-5-26(12(6)28)10-7(4-24)2-8(14(18,19)20)3-9(10)27(29)30/h2-3,5H,1H3. The van der Waals surface area contributed by atoms with E-state index in [4.69, 9.17) is 5.26 Å². The first-order valence-corrected chi connectivity index (χ1v) is 7.37. The average molecular weight is 442 g/mol. The average Bonchev–Trinajstić information content (AvgIpc) is 2.60. The first-order chi connectivity index (χ1) is 13.5. The molecular formula is C15H6F8N4O3. The largest absolute Gasteiger partial charge is 0.459 e. The molecule has 0 aliphatic rings. The van der Waals surface area contributed by atoms with E-state index in [0.717, 1.165) is 0 Å². The zero-order valence-corrected chi connectivity index (χ0v) is 14.3. The summed E-state index contributed by atoms with van der Waals surface area (Å²) in [6.45, 7) is 0.517. The third-order valence-electron chi connectivity index (χ3n) is 3.83. The summed E-state index contributed by atoms with van der Waals surface area (Å²) in [4.78, 5) is 25.0. The number of halogens is 8. The lowest BCUT2D eigenvalue weighted by molar-refractivity contribution is -0.384. The number of hydrogen-bond donors (Lipinski definition) is 0. The van der Waals surface area contributed by atoms with Crippen molar-refractivity contribution in [2.75, 3.05) is 0 Å². The Morgan fingerprint density at radius 3 is 2.13 bits per heavy atom. The Bertz CT molecular complexity index is 1130. The third kappa shape index (κ3) is 3.67. The molecule has 0 atom stereocenters. The molecule has 1 heterocycles. The number of aromatic nitrogens is 2. The van der Waals surface area contributed by atoms with Crippen molar-refractivity contribution in [3.8, 4) is 11.8 Å². The van der Waals surface area contributed by atoms with Gasteiger partial charge in [-0.15, -0.1) is 0 Å². The van der Waals surface area contributed by atoms with Crippen LogP contribution in [0.2, 0.25) is 0 Å². The fourth-order valence-electron chi connectivity index (χ4n) is 2.42. The molecule has 0 spiro atoms. The highest BCUT2D eigenvalue weighted by atomic mass is 19.4. The van der Waals surface area contributed by atoms with Gasteiger partial charge in [0.1, 0.15) is 23.8 Å². The summed E-state index contributed by atoms with van der Waals surface area (Å²) in [6, 6.07) is 1.33. The van der Waals surface area contributed by atoms with Crippen LogP contribution in [0.15, 0.2) is 23.3 Å². The van der Waals surface area contributed by atoms with Crippen LogP contribution in [0.25, 0.3) is 5.69 Å². The summed E-state index contributed by atoms with van der Waals surface area (Å²) in [5.74, 6) is -5.56. The van der Waals surface area contributed by atoms with Gasteiger partial charge in [-0.1, -0.05) is 0 Å². The lowest BCUT2D eigenvalue weighted by Crippen LogP contribution is -2.38. The molecule has 0 saturated heterocycles. The van der Waals surface area contributed by atoms with Gasteiger partial charge in [-0.3, -0.25) is 19.5 Å². The van der Waals surface area contributed by atoms with Crippen molar-refractivity contribution in [3.05, 3.63) is 61.3 Å². The van der Waals surface area contributed by atoms with Crippen LogP contribution >= 0.6 is 0 Å². The molecule has 1 aromatic heterocycles. The van der Waals surface area contributed by atoms with Crippen LogP contribution in [0, 0.1) is 28.4 Å². The van der Waals surface area contributed by atoms with E-state index >= 15 is 0 Å². The zero-order valence-electron chi connectivity index (χ0n) is 14.3. The number of rotatable bonds is 3. The molecule has 0 unspecified atom stereocenters. The number of benzene rings is 1. The van der Waals surface area contributed by atoms with Crippen molar-refractivity contribution < 1.29 is 40.0 Å². The molecule has 30 heavy (non-hydrogen) atoms. The van der Waals surface area contributed by atoms with Crippen molar-refractivity contribution in [1.82, 2.24) is 9.55 Å². The van der Waals surface area contributed by atoms with Gasteiger partial charge in [0.2, 0.25) is 0 Å². The summed E-state index contributed by atoms with van der Waals surface area (Å²) in [6.07, 6.45) is -11.2. The number of nitro benzene ring substituents is 1. The number of alkyl halides is 8. The Morgan fingerprint density at radius 2 is 1.70 bits per heavy atom. The maximum atomic E-state index is 13.6. The summed E-state index contributed by atoms with van der Waals surface area (Å²) in [5.41, 5.74) is -10.1. The summed E-state index contributed by atoms with van der Waals surface area (Å²) in [7, 11) is 0. The first kappa shape index (κ1) is 22.7. The van der Waals surface area contributed by atoms with E-state index < -0.39 is 62.5 Å². The Kier molecular flexibility index (Phi) is 5.33. The molecule has 0 fully saturated rings. The van der Waals surface area contributed by atoms with Crippen molar-refractivity contribution in [2.24, 2.45) is 0 Å². The Balaban J connectivity index is 2.90. The third-order valence-corrected chi connectivity index (χ3v) is 3.83. The minimum Gasteiger partial charge on any atom is -0.269 e. The summed E-state index contributed by atoms with van der Waals surface area (Å²) < 4.78 is 104. The number of nitrogens with zero attached hydrogens (tertiary/aromatic N) is 4. The fraction of sp³-hybridized carbons (Fsp3) is 0.267. The normalized spacial score (nSPS) is 12.5. The highest BCUT2D eigenvalue weighted by Crippen LogP contribution is 2.43. The molecular weight excluding hydrogens is 436 g/mol. The Labute approximate surface area is 159 Å². The van der Waals surface area contributed by atoms with Crippen LogP contribution in [-0.2, 0) is 12.1 Å². The quantitative estimate of drug-likeness (QED) is 0.406. The van der Waals surface area contributed by atoms with Gasteiger partial charge in [-0.2, -0.15) is 40.4 Å². The van der Waals surface area contributed by atoms with Crippen LogP contribution in [0.5, 0.6) is 0 Å². The molecule has 0 aliphatic carbocycles. The SMILES string of the molecule is Cc1c(C(F)(F)C(F)(F)F)ncn(-c2c(C#N)cc(C(F)(F)F)cc2[N+](=O)[O-])c1=O. The second-order valence-corrected chi connectivity index (χ2v) is 5.72. The highest BCUT2D eigenvalue weighted by Gasteiger charge is 2.61. The van der Waals surface area contributed by atoms with Crippen LogP contribution in [0.1, 0.15) is 22.4 Å². The van der Waals surface area contributed by atoms with Crippen molar-refractivity contribution in [1.29, 1.82) is 5.26 Å². The fourth-order valence-corrected chi connectivity index (χ4v) is 2.42. The van der Waals surface area contributed by atoms with Gasteiger partial charge >= 0.3 is 18.3 Å². The molecule has 15 heteroatoms. The molecule has 0 N–H and O–H groups in total. The highest BCUT2D eigenvalue weighted by molar-refractivity contribution is 5.64. The van der Waals surface area contributed by atoms with E-state index in [0.29, 0.717) is 6.92 Å². The minimum absolute atomic E-state index is 0.0177. The monoisotopic (exact) mass is 442 g/mol. The van der Waals surface area contributed by atoms with Gasteiger partial charge < -0.3 is 0 Å². The summed E-state index contributed by atoms with van der Waals surface area (Å²) >= 11 is 0. The molecule has 7 nitrogen and oxygen atoms in total. The molecule has 0 radical (unpaired) electrons. The van der Waals surface area contributed by atoms with Crippen LogP contribution in [-0.4, -0.2) is 20.7 Å². The number of nitro groups is 1. The van der Waals surface area contributed by atoms with Gasteiger partial charge in [-0.25, -0.2) is 4.98 Å². The lowest BCUT2D eigenvalue weighted by atomic mass is 10.1. The zero-order chi connectivity index (χ0) is 23.2. The minimum atomic E-state index is -6.12. The molecule has 0 aliphatic heterocycles. The van der Waals surface area contributed by atoms with Gasteiger partial charge in [0.15, 0.2) is 0 Å². The first-order valence-electron chi connectivity index (χ1n) is 7.37. The smallest absolute Gasteiger partial charge is 0.269 e. The van der Waals surface area contributed by atoms with Crippen LogP contribution in [0.4, 0.5) is 40.8 Å². The number of hydrogen-bond acceptors (Lipinski definition) is 5. The molecule has 1 aromatic carbocycles. The second-order valence-electron chi connectivity index (χ2n) is 5.72. The topological polar surface area (TPSA) is 102 Å². The van der Waals surface area contributed by atoms with Crippen molar-refractivity contribution in [2.45, 2.75) is 25.2 Å². The van der Waals surface area contributed by atoms with Gasteiger partial charge in [0.25, 0.3) is 11.2 Å². The van der Waals surface area contributed by atoms with E-state index in [2.05, 4.69) is 4.98 Å². The maximum absolute atomic E-state index is 13.6. The molecule has 2 rings (SSSR count).